The fraction of sp³-hybridized carbons (Fsp3) is 0.611. The van der Waals surface area contributed by atoms with E-state index < -0.39 is 30.0 Å². The lowest BCUT2D eigenvalue weighted by atomic mass is 10.0. The van der Waals surface area contributed by atoms with E-state index in [1.54, 1.807) is 0 Å². The molecule has 1 aromatic rings. The van der Waals surface area contributed by atoms with E-state index in [1.165, 1.54) is 16.2 Å². The Morgan fingerprint density at radius 2 is 2.15 bits per heavy atom. The summed E-state index contributed by atoms with van der Waals surface area (Å²) in [5, 5.41) is 15.9. The number of amides is 2. The van der Waals surface area contributed by atoms with Crippen LogP contribution in [0.15, 0.2) is 16.8 Å². The van der Waals surface area contributed by atoms with E-state index in [0.717, 1.165) is 12.0 Å². The van der Waals surface area contributed by atoms with Gasteiger partial charge < -0.3 is 26.8 Å². The number of aliphatic carboxylic acids is 1. The van der Waals surface area contributed by atoms with Crippen LogP contribution in [0.5, 0.6) is 0 Å². The van der Waals surface area contributed by atoms with E-state index in [-0.39, 0.29) is 5.91 Å². The first-order valence-corrected chi connectivity index (χ1v) is 10.2. The highest BCUT2D eigenvalue weighted by atomic mass is 32.1. The summed E-state index contributed by atoms with van der Waals surface area (Å²) in [5.74, 6) is -1.77. The standard InChI is InChI=1S/C18H28N4O4S/c19-7-2-1-4-14(17(24)22-8-3-5-15(22)18(25)26)21-16(23)13(20)10-12-6-9-27-11-12/h6,9,11,13-15H,1-5,7-8,10,19-20H2,(H,21,23)(H,25,26)/t13-,14-,15-/m0/s1. The first kappa shape index (κ1) is 21.3. The van der Waals surface area contributed by atoms with Gasteiger partial charge in [-0.2, -0.15) is 11.3 Å². The summed E-state index contributed by atoms with van der Waals surface area (Å²) < 4.78 is 0. The molecule has 1 fully saturated rings. The van der Waals surface area contributed by atoms with Crippen LogP contribution in [0.3, 0.4) is 0 Å². The molecule has 1 aliphatic rings. The molecule has 1 aromatic heterocycles. The fourth-order valence-corrected chi connectivity index (χ4v) is 3.95. The number of rotatable bonds is 10. The van der Waals surface area contributed by atoms with Crippen molar-refractivity contribution in [1.82, 2.24) is 10.2 Å². The topological polar surface area (TPSA) is 139 Å². The van der Waals surface area contributed by atoms with E-state index in [9.17, 15) is 19.5 Å². The summed E-state index contributed by atoms with van der Waals surface area (Å²) in [4.78, 5) is 38.2. The third kappa shape index (κ3) is 6.02. The molecule has 9 heteroatoms. The molecule has 0 saturated carbocycles. The molecule has 150 valence electrons. The minimum Gasteiger partial charge on any atom is -0.480 e. The molecular formula is C18H28N4O4S. The maximum absolute atomic E-state index is 12.9. The number of carboxylic acid groups (broad SMARTS) is 1. The number of nitrogens with one attached hydrogen (secondary N) is 1. The van der Waals surface area contributed by atoms with Gasteiger partial charge in [-0.1, -0.05) is 0 Å². The van der Waals surface area contributed by atoms with Gasteiger partial charge in [-0.15, -0.1) is 0 Å². The molecule has 0 aromatic carbocycles. The van der Waals surface area contributed by atoms with E-state index in [2.05, 4.69) is 5.32 Å². The molecule has 2 heterocycles. The van der Waals surface area contributed by atoms with Gasteiger partial charge >= 0.3 is 5.97 Å². The zero-order valence-electron chi connectivity index (χ0n) is 15.3. The normalized spacial score (nSPS) is 18.9. The van der Waals surface area contributed by atoms with Gasteiger partial charge in [0.1, 0.15) is 12.1 Å². The van der Waals surface area contributed by atoms with Gasteiger partial charge in [0.15, 0.2) is 0 Å². The Bertz CT molecular complexity index is 637. The van der Waals surface area contributed by atoms with Crippen LogP contribution < -0.4 is 16.8 Å². The maximum atomic E-state index is 12.9. The lowest BCUT2D eigenvalue weighted by molar-refractivity contribution is -0.149. The van der Waals surface area contributed by atoms with Crippen molar-refractivity contribution >= 4 is 29.1 Å². The quantitative estimate of drug-likeness (QED) is 0.420. The molecule has 1 saturated heterocycles. The molecule has 27 heavy (non-hydrogen) atoms. The molecule has 0 spiro atoms. The summed E-state index contributed by atoms with van der Waals surface area (Å²) in [6, 6.07) is -0.467. The Morgan fingerprint density at radius 1 is 1.37 bits per heavy atom. The number of likely N-dealkylation sites (tertiary alicyclic amines) is 1. The van der Waals surface area contributed by atoms with E-state index in [4.69, 9.17) is 11.5 Å². The van der Waals surface area contributed by atoms with Crippen molar-refractivity contribution in [3.63, 3.8) is 0 Å². The lowest BCUT2D eigenvalue weighted by Gasteiger charge is -2.28. The average molecular weight is 397 g/mol. The monoisotopic (exact) mass is 396 g/mol. The summed E-state index contributed by atoms with van der Waals surface area (Å²) in [6.07, 6.45) is 3.27. The number of nitrogens with zero attached hydrogens (tertiary/aromatic N) is 1. The second-order valence-electron chi connectivity index (χ2n) is 6.82. The first-order valence-electron chi connectivity index (χ1n) is 9.24. The SMILES string of the molecule is NCCCC[C@H](NC(=O)[C@@H](N)Cc1ccsc1)C(=O)N1CCC[C@H]1C(=O)O. The molecule has 1 aliphatic heterocycles. The summed E-state index contributed by atoms with van der Waals surface area (Å²) in [6.45, 7) is 0.883. The molecule has 0 unspecified atom stereocenters. The Kier molecular flexibility index (Phi) is 8.21. The van der Waals surface area contributed by atoms with Crippen LogP contribution in [-0.2, 0) is 20.8 Å². The van der Waals surface area contributed by atoms with Crippen LogP contribution >= 0.6 is 11.3 Å². The highest BCUT2D eigenvalue weighted by Gasteiger charge is 2.37. The van der Waals surface area contributed by atoms with Gasteiger partial charge in [-0.25, -0.2) is 4.79 Å². The molecule has 2 amide bonds. The van der Waals surface area contributed by atoms with Crippen molar-refractivity contribution in [3.8, 4) is 0 Å². The molecule has 0 radical (unpaired) electrons. The van der Waals surface area contributed by atoms with E-state index in [1.807, 2.05) is 16.8 Å². The molecule has 3 atom stereocenters. The van der Waals surface area contributed by atoms with Crippen molar-refractivity contribution in [2.75, 3.05) is 13.1 Å². The third-order valence-corrected chi connectivity index (χ3v) is 5.49. The molecular weight excluding hydrogens is 368 g/mol. The highest BCUT2D eigenvalue weighted by Crippen LogP contribution is 2.20. The van der Waals surface area contributed by atoms with Crippen LogP contribution in [-0.4, -0.2) is 59.0 Å². The second-order valence-corrected chi connectivity index (χ2v) is 7.60. The van der Waals surface area contributed by atoms with Crippen molar-refractivity contribution < 1.29 is 19.5 Å². The highest BCUT2D eigenvalue weighted by molar-refractivity contribution is 7.07. The molecule has 0 aliphatic carbocycles. The van der Waals surface area contributed by atoms with Gasteiger partial charge in [0.05, 0.1) is 6.04 Å². The van der Waals surface area contributed by atoms with Crippen LogP contribution in [0.1, 0.15) is 37.7 Å². The third-order valence-electron chi connectivity index (χ3n) is 4.75. The Morgan fingerprint density at radius 3 is 2.78 bits per heavy atom. The number of thiophene rings is 1. The fourth-order valence-electron chi connectivity index (χ4n) is 3.27. The van der Waals surface area contributed by atoms with Crippen LogP contribution in [0.25, 0.3) is 0 Å². The number of carbonyl (C=O) groups is 3. The average Bonchev–Trinajstić information content (AvgIpc) is 3.31. The van der Waals surface area contributed by atoms with Crippen molar-refractivity contribution in [3.05, 3.63) is 22.4 Å². The number of hydrogen-bond donors (Lipinski definition) is 4. The Hall–Kier alpha value is -1.97. The largest absolute Gasteiger partial charge is 0.480 e. The second kappa shape index (κ2) is 10.4. The van der Waals surface area contributed by atoms with Crippen molar-refractivity contribution in [2.45, 2.75) is 56.7 Å². The Labute approximate surface area is 162 Å². The summed E-state index contributed by atoms with van der Waals surface area (Å²) in [7, 11) is 0. The number of nitrogens with two attached hydrogens (primary N) is 2. The Balaban J connectivity index is 2.02. The smallest absolute Gasteiger partial charge is 0.326 e. The predicted molar refractivity (Wildman–Crippen MR) is 103 cm³/mol. The number of hydrogen-bond acceptors (Lipinski definition) is 6. The molecule has 6 N–H and O–H groups in total. The minimum atomic E-state index is -1.01. The van der Waals surface area contributed by atoms with Gasteiger partial charge in [0, 0.05) is 6.54 Å². The van der Waals surface area contributed by atoms with Crippen molar-refractivity contribution in [2.24, 2.45) is 11.5 Å². The zero-order chi connectivity index (χ0) is 19.8. The van der Waals surface area contributed by atoms with E-state index >= 15 is 0 Å². The van der Waals surface area contributed by atoms with E-state index in [0.29, 0.717) is 45.2 Å². The number of carboxylic acids is 1. The summed E-state index contributed by atoms with van der Waals surface area (Å²) in [5.41, 5.74) is 12.5. The lowest BCUT2D eigenvalue weighted by Crippen LogP contribution is -2.54. The first-order chi connectivity index (χ1) is 12.9. The van der Waals surface area contributed by atoms with Crippen LogP contribution in [0.4, 0.5) is 0 Å². The van der Waals surface area contributed by atoms with Crippen LogP contribution in [0.2, 0.25) is 0 Å². The van der Waals surface area contributed by atoms with Gasteiger partial charge in [0.2, 0.25) is 11.8 Å². The van der Waals surface area contributed by atoms with Gasteiger partial charge in [-0.3, -0.25) is 9.59 Å². The molecule has 2 rings (SSSR count). The maximum Gasteiger partial charge on any atom is 0.326 e. The number of carbonyl (C=O) groups excluding carboxylic acids is 2. The van der Waals surface area contributed by atoms with Gasteiger partial charge in [-0.05, 0) is 67.5 Å². The predicted octanol–water partition coefficient (Wildman–Crippen LogP) is 0.307. The van der Waals surface area contributed by atoms with Crippen LogP contribution in [0, 0.1) is 0 Å². The molecule has 0 bridgehead atoms. The zero-order valence-corrected chi connectivity index (χ0v) is 16.1. The summed E-state index contributed by atoms with van der Waals surface area (Å²) >= 11 is 1.53. The van der Waals surface area contributed by atoms with Gasteiger partial charge in [0.25, 0.3) is 0 Å². The van der Waals surface area contributed by atoms with Crippen molar-refractivity contribution in [1.29, 1.82) is 0 Å². The molecule has 8 nitrogen and oxygen atoms in total. The minimum absolute atomic E-state index is 0.354. The number of unbranched alkanes of at least 4 members (excludes halogenated alkanes) is 1.